The third-order valence-electron chi connectivity index (χ3n) is 3.19. The van der Waals surface area contributed by atoms with Crippen molar-refractivity contribution in [1.29, 1.82) is 0 Å². The van der Waals surface area contributed by atoms with Gasteiger partial charge in [0.25, 0.3) is 0 Å². The van der Waals surface area contributed by atoms with E-state index in [0.717, 1.165) is 37.2 Å². The summed E-state index contributed by atoms with van der Waals surface area (Å²) >= 11 is 0. The molecular weight excluding hydrogens is 280 g/mol. The number of sulfonamides is 1. The van der Waals surface area contributed by atoms with E-state index in [1.165, 1.54) is 0 Å². The number of fused-ring (bicyclic) bond motifs is 1. The fourth-order valence-electron chi connectivity index (χ4n) is 2.35. The van der Waals surface area contributed by atoms with Crippen molar-refractivity contribution in [1.82, 2.24) is 19.6 Å². The molecule has 0 spiro atoms. The number of rotatable bonds is 5. The maximum absolute atomic E-state index is 11.7. The van der Waals surface area contributed by atoms with E-state index < -0.39 is 10.0 Å². The maximum Gasteiger partial charge on any atom is 0.221 e. The number of carbonyl (C=O) groups is 1. The minimum atomic E-state index is -3.23. The molecule has 1 atom stereocenters. The van der Waals surface area contributed by atoms with E-state index in [9.17, 15) is 13.2 Å². The van der Waals surface area contributed by atoms with E-state index in [2.05, 4.69) is 19.6 Å². The molecule has 2 rings (SSSR count). The second-order valence-corrected chi connectivity index (χ2v) is 7.00. The molecular formula is C12H20N4O3S. The molecule has 1 amide bonds. The molecule has 0 aliphatic carbocycles. The number of carbonyl (C=O) groups excluding carboxylic acids is 1. The minimum absolute atomic E-state index is 0.0850. The number of aryl methyl sites for hydroxylation is 2. The van der Waals surface area contributed by atoms with Gasteiger partial charge in [-0.05, 0) is 13.3 Å². The van der Waals surface area contributed by atoms with Crippen LogP contribution in [0.4, 0.5) is 0 Å². The highest BCUT2D eigenvalue weighted by atomic mass is 32.2. The van der Waals surface area contributed by atoms with Crippen LogP contribution in [0.25, 0.3) is 0 Å². The van der Waals surface area contributed by atoms with Crippen molar-refractivity contribution >= 4 is 15.9 Å². The molecule has 0 fully saturated rings. The molecule has 1 aromatic heterocycles. The molecule has 1 aliphatic heterocycles. The highest BCUT2D eigenvalue weighted by Crippen LogP contribution is 2.14. The summed E-state index contributed by atoms with van der Waals surface area (Å²) in [4.78, 5) is 16.2. The summed E-state index contributed by atoms with van der Waals surface area (Å²) in [6, 6.07) is 0.0850. The van der Waals surface area contributed by atoms with E-state index in [-0.39, 0.29) is 24.9 Å². The molecule has 0 aromatic carbocycles. The second kappa shape index (κ2) is 5.92. The molecule has 1 aliphatic rings. The quantitative estimate of drug-likeness (QED) is 0.771. The van der Waals surface area contributed by atoms with Crippen LogP contribution in [0.3, 0.4) is 0 Å². The Morgan fingerprint density at radius 1 is 1.55 bits per heavy atom. The Morgan fingerprint density at radius 2 is 2.30 bits per heavy atom. The monoisotopic (exact) mass is 300 g/mol. The van der Waals surface area contributed by atoms with Gasteiger partial charge in [-0.15, -0.1) is 0 Å². The number of imidazole rings is 1. The standard InChI is InChI=1S/C12H20N4O3S/c1-9-7-16-8-10(3-4-11(16)14-9)15-12(17)5-6-13-20(2,18)19/h7,10,13H,3-6,8H2,1-2H3,(H,15,17). The zero-order valence-electron chi connectivity index (χ0n) is 11.7. The summed E-state index contributed by atoms with van der Waals surface area (Å²) in [5.41, 5.74) is 0.990. The molecule has 2 N–H and O–H groups in total. The van der Waals surface area contributed by atoms with Gasteiger partial charge in [0, 0.05) is 38.2 Å². The van der Waals surface area contributed by atoms with Gasteiger partial charge >= 0.3 is 0 Å². The smallest absolute Gasteiger partial charge is 0.221 e. The molecule has 0 radical (unpaired) electrons. The van der Waals surface area contributed by atoms with E-state index in [1.807, 2.05) is 13.1 Å². The first kappa shape index (κ1) is 15.0. The lowest BCUT2D eigenvalue weighted by molar-refractivity contribution is -0.121. The fraction of sp³-hybridized carbons (Fsp3) is 0.667. The van der Waals surface area contributed by atoms with Crippen LogP contribution in [0.2, 0.25) is 0 Å². The van der Waals surface area contributed by atoms with Gasteiger partial charge in [0.2, 0.25) is 15.9 Å². The van der Waals surface area contributed by atoms with Crippen LogP contribution < -0.4 is 10.0 Å². The molecule has 20 heavy (non-hydrogen) atoms. The summed E-state index contributed by atoms with van der Waals surface area (Å²) < 4.78 is 26.2. The molecule has 7 nitrogen and oxygen atoms in total. The highest BCUT2D eigenvalue weighted by Gasteiger charge is 2.21. The topological polar surface area (TPSA) is 93.1 Å². The largest absolute Gasteiger partial charge is 0.352 e. The van der Waals surface area contributed by atoms with Crippen molar-refractivity contribution in [2.45, 2.75) is 38.8 Å². The number of hydrogen-bond donors (Lipinski definition) is 2. The summed E-state index contributed by atoms with van der Waals surface area (Å²) in [6.45, 7) is 2.81. The zero-order valence-corrected chi connectivity index (χ0v) is 12.5. The first-order chi connectivity index (χ1) is 9.33. The van der Waals surface area contributed by atoms with Gasteiger partial charge in [-0.25, -0.2) is 18.1 Å². The Hall–Kier alpha value is -1.41. The van der Waals surface area contributed by atoms with Crippen molar-refractivity contribution in [3.63, 3.8) is 0 Å². The van der Waals surface area contributed by atoms with E-state index in [4.69, 9.17) is 0 Å². The Morgan fingerprint density at radius 3 is 3.00 bits per heavy atom. The van der Waals surface area contributed by atoms with E-state index in [1.54, 1.807) is 0 Å². The van der Waals surface area contributed by atoms with Gasteiger partial charge in [0.05, 0.1) is 11.9 Å². The van der Waals surface area contributed by atoms with Gasteiger partial charge < -0.3 is 9.88 Å². The van der Waals surface area contributed by atoms with Crippen LogP contribution >= 0.6 is 0 Å². The lowest BCUT2D eigenvalue weighted by atomic mass is 10.1. The van der Waals surface area contributed by atoms with Crippen LogP contribution in [0.5, 0.6) is 0 Å². The fourth-order valence-corrected chi connectivity index (χ4v) is 2.83. The normalized spacial score (nSPS) is 18.6. The first-order valence-corrected chi connectivity index (χ1v) is 8.49. The van der Waals surface area contributed by atoms with Gasteiger partial charge in [-0.1, -0.05) is 0 Å². The first-order valence-electron chi connectivity index (χ1n) is 6.60. The Kier molecular flexibility index (Phi) is 4.44. The van der Waals surface area contributed by atoms with Crippen molar-refractivity contribution in [3.8, 4) is 0 Å². The van der Waals surface area contributed by atoms with Gasteiger partial charge in [0.1, 0.15) is 5.82 Å². The molecule has 0 bridgehead atoms. The van der Waals surface area contributed by atoms with Crippen LogP contribution in [-0.2, 0) is 27.8 Å². The summed E-state index contributed by atoms with van der Waals surface area (Å²) in [7, 11) is -3.23. The van der Waals surface area contributed by atoms with Gasteiger partial charge in [0.15, 0.2) is 0 Å². The molecule has 2 heterocycles. The molecule has 0 saturated heterocycles. The zero-order chi connectivity index (χ0) is 14.8. The Labute approximate surface area is 118 Å². The molecule has 112 valence electrons. The predicted octanol–water partition coefficient (Wildman–Crippen LogP) is -0.438. The van der Waals surface area contributed by atoms with Crippen LogP contribution in [-0.4, -0.2) is 42.7 Å². The average molecular weight is 300 g/mol. The highest BCUT2D eigenvalue weighted by molar-refractivity contribution is 7.88. The summed E-state index contributed by atoms with van der Waals surface area (Å²) in [6.07, 6.45) is 4.93. The van der Waals surface area contributed by atoms with Crippen LogP contribution in [0.1, 0.15) is 24.4 Å². The Bertz CT molecular complexity index is 594. The molecule has 0 saturated carbocycles. The number of hydrogen-bond acceptors (Lipinski definition) is 4. The lowest BCUT2D eigenvalue weighted by Crippen LogP contribution is -2.41. The average Bonchev–Trinajstić information content (AvgIpc) is 2.66. The number of aromatic nitrogens is 2. The lowest BCUT2D eigenvalue weighted by Gasteiger charge is -2.24. The maximum atomic E-state index is 11.7. The van der Waals surface area contributed by atoms with Crippen molar-refractivity contribution in [3.05, 3.63) is 17.7 Å². The molecule has 1 aromatic rings. The van der Waals surface area contributed by atoms with Crippen molar-refractivity contribution in [2.24, 2.45) is 0 Å². The molecule has 8 heteroatoms. The van der Waals surface area contributed by atoms with Crippen LogP contribution in [0.15, 0.2) is 6.20 Å². The predicted molar refractivity (Wildman–Crippen MR) is 74.7 cm³/mol. The number of amides is 1. The third kappa shape index (κ3) is 4.31. The summed E-state index contributed by atoms with van der Waals surface area (Å²) in [5.74, 6) is 0.929. The number of nitrogens with zero attached hydrogens (tertiary/aromatic N) is 2. The third-order valence-corrected chi connectivity index (χ3v) is 3.92. The van der Waals surface area contributed by atoms with E-state index >= 15 is 0 Å². The van der Waals surface area contributed by atoms with Gasteiger partial charge in [-0.3, -0.25) is 4.79 Å². The van der Waals surface area contributed by atoms with Crippen LogP contribution in [0, 0.1) is 6.92 Å². The summed E-state index contributed by atoms with van der Waals surface area (Å²) in [5, 5.41) is 2.93. The second-order valence-electron chi connectivity index (χ2n) is 5.17. The van der Waals surface area contributed by atoms with Crippen molar-refractivity contribution in [2.75, 3.05) is 12.8 Å². The van der Waals surface area contributed by atoms with Crippen molar-refractivity contribution < 1.29 is 13.2 Å². The van der Waals surface area contributed by atoms with E-state index in [0.29, 0.717) is 0 Å². The number of nitrogens with one attached hydrogen (secondary N) is 2. The minimum Gasteiger partial charge on any atom is -0.352 e. The Balaban J connectivity index is 1.79. The molecule has 1 unspecified atom stereocenters. The van der Waals surface area contributed by atoms with Gasteiger partial charge in [-0.2, -0.15) is 0 Å². The SMILES string of the molecule is Cc1cn2c(n1)CCC(NC(=O)CCNS(C)(=O)=O)C2.